The molecule has 2 unspecified atom stereocenters. The van der Waals surface area contributed by atoms with Gasteiger partial charge in [-0.2, -0.15) is 0 Å². The lowest BCUT2D eigenvalue weighted by Crippen LogP contribution is -2.48. The maximum atomic E-state index is 12.3. The van der Waals surface area contributed by atoms with Crippen molar-refractivity contribution in [2.24, 2.45) is 5.92 Å². The van der Waals surface area contributed by atoms with Crippen LogP contribution in [0.1, 0.15) is 36.3 Å². The zero-order valence-corrected chi connectivity index (χ0v) is 14.2. The quantitative estimate of drug-likeness (QED) is 0.628. The SMILES string of the molecule is [11CH3]OC(=O)[C@@H]1C2CCC(C[C@@H]1c1cccc(/C=C/I)c1)N2. The third-order valence-corrected chi connectivity index (χ3v) is 5.11. The number of rotatable bonds is 3. The zero-order valence-electron chi connectivity index (χ0n) is 12.1. The second kappa shape index (κ2) is 6.48. The van der Waals surface area contributed by atoms with Crippen LogP contribution >= 0.6 is 22.6 Å². The summed E-state index contributed by atoms with van der Waals surface area (Å²) in [5.74, 6) is 0.124. The second-order valence-electron chi connectivity index (χ2n) is 5.90. The van der Waals surface area contributed by atoms with Crippen molar-refractivity contribution in [2.75, 3.05) is 7.11 Å². The van der Waals surface area contributed by atoms with E-state index in [1.54, 1.807) is 0 Å². The minimum absolute atomic E-state index is 0.0624. The first-order valence-electron chi connectivity index (χ1n) is 7.43. The summed E-state index contributed by atoms with van der Waals surface area (Å²) in [6, 6.07) is 9.35. The minimum Gasteiger partial charge on any atom is -0.469 e. The molecule has 1 aromatic rings. The van der Waals surface area contributed by atoms with Crippen LogP contribution in [0.4, 0.5) is 0 Å². The number of fused-ring (bicyclic) bond motifs is 2. The van der Waals surface area contributed by atoms with Gasteiger partial charge in [0, 0.05) is 18.0 Å². The number of ether oxygens (including phenoxy) is 1. The van der Waals surface area contributed by atoms with Crippen molar-refractivity contribution in [2.45, 2.75) is 37.3 Å². The Bertz CT molecular complexity index is 557. The molecular weight excluding hydrogens is 376 g/mol. The smallest absolute Gasteiger partial charge is 0.310 e. The number of carbonyl (C=O) groups is 1. The van der Waals surface area contributed by atoms with Gasteiger partial charge >= 0.3 is 5.97 Å². The molecule has 2 fully saturated rings. The van der Waals surface area contributed by atoms with E-state index in [0.29, 0.717) is 6.04 Å². The van der Waals surface area contributed by atoms with Gasteiger partial charge in [0.1, 0.15) is 0 Å². The lowest BCUT2D eigenvalue weighted by molar-refractivity contribution is -0.148. The summed E-state index contributed by atoms with van der Waals surface area (Å²) >= 11 is 2.23. The maximum absolute atomic E-state index is 12.3. The number of piperidine rings is 1. The third-order valence-electron chi connectivity index (χ3n) is 4.75. The summed E-state index contributed by atoms with van der Waals surface area (Å²) in [5.41, 5.74) is 2.45. The molecule has 112 valence electrons. The van der Waals surface area contributed by atoms with Crippen molar-refractivity contribution in [1.29, 1.82) is 0 Å². The summed E-state index contributed by atoms with van der Waals surface area (Å²) < 4.78 is 7.09. The Morgan fingerprint density at radius 1 is 1.43 bits per heavy atom. The van der Waals surface area contributed by atoms with Gasteiger partial charge in [-0.15, -0.1) is 0 Å². The van der Waals surface area contributed by atoms with Crippen LogP contribution in [-0.2, 0) is 9.53 Å². The molecule has 4 heteroatoms. The fourth-order valence-corrected chi connectivity index (χ4v) is 4.24. The average molecular weight is 396 g/mol. The highest BCUT2D eigenvalue weighted by atomic mass is 127. The Kier molecular flexibility index (Phi) is 4.64. The Balaban J connectivity index is 1.94. The molecule has 0 amide bonds. The molecule has 3 nitrogen and oxygen atoms in total. The van der Waals surface area contributed by atoms with Crippen molar-refractivity contribution in [3.05, 3.63) is 39.5 Å². The largest absolute Gasteiger partial charge is 0.469 e. The fraction of sp³-hybridized carbons (Fsp3) is 0.471. The molecule has 2 aliphatic heterocycles. The van der Waals surface area contributed by atoms with Crippen LogP contribution < -0.4 is 5.32 Å². The van der Waals surface area contributed by atoms with Crippen LogP contribution in [0.5, 0.6) is 0 Å². The molecule has 2 bridgehead atoms. The van der Waals surface area contributed by atoms with Crippen LogP contribution in [0.15, 0.2) is 28.3 Å². The van der Waals surface area contributed by atoms with E-state index >= 15 is 0 Å². The Hall–Kier alpha value is -0.880. The first-order chi connectivity index (χ1) is 10.2. The molecule has 0 aromatic heterocycles. The molecule has 2 aliphatic rings. The lowest BCUT2D eigenvalue weighted by Gasteiger charge is -2.36. The number of hydrogen-bond donors (Lipinski definition) is 1. The topological polar surface area (TPSA) is 38.3 Å². The van der Waals surface area contributed by atoms with Gasteiger partial charge in [-0.05, 0) is 40.5 Å². The fourth-order valence-electron chi connectivity index (χ4n) is 3.83. The van der Waals surface area contributed by atoms with E-state index in [1.165, 1.54) is 24.7 Å². The number of benzene rings is 1. The van der Waals surface area contributed by atoms with Gasteiger partial charge in [0.05, 0.1) is 13.0 Å². The van der Waals surface area contributed by atoms with Gasteiger partial charge < -0.3 is 10.1 Å². The van der Waals surface area contributed by atoms with Gasteiger partial charge in [-0.3, -0.25) is 4.79 Å². The lowest BCUT2D eigenvalue weighted by atomic mass is 9.76. The van der Waals surface area contributed by atoms with E-state index in [0.717, 1.165) is 12.8 Å². The first kappa shape index (κ1) is 15.0. The maximum Gasteiger partial charge on any atom is 0.310 e. The minimum atomic E-state index is -0.0762. The third kappa shape index (κ3) is 3.01. The van der Waals surface area contributed by atoms with E-state index in [4.69, 9.17) is 4.74 Å². The van der Waals surface area contributed by atoms with Crippen molar-refractivity contribution in [3.8, 4) is 0 Å². The number of hydrogen-bond acceptors (Lipinski definition) is 3. The van der Waals surface area contributed by atoms with Crippen LogP contribution in [0, 0.1) is 5.92 Å². The summed E-state index contributed by atoms with van der Waals surface area (Å²) in [6.07, 6.45) is 5.36. The van der Waals surface area contributed by atoms with Crippen LogP contribution in [-0.4, -0.2) is 25.2 Å². The van der Waals surface area contributed by atoms with E-state index < -0.39 is 0 Å². The first-order valence-corrected chi connectivity index (χ1v) is 8.68. The zero-order chi connectivity index (χ0) is 14.8. The standard InChI is InChI=1S/C17H20INO2/c1-21-17(20)16-14(10-13-5-6-15(16)19-13)12-4-2-3-11(9-12)7-8-18/h2-4,7-9,13-16,19H,5-6,10H2,1H3/b8-7+/t13?,14-,15?,16+/m1/s1/i1-1. The predicted molar refractivity (Wildman–Crippen MR) is 92.3 cm³/mol. The molecule has 2 saturated heterocycles. The molecular formula is C17H20INO2. The summed E-state index contributed by atoms with van der Waals surface area (Å²) in [5, 5.41) is 3.58. The monoisotopic (exact) mass is 396 g/mol. The van der Waals surface area contributed by atoms with Gasteiger partial charge in [-0.25, -0.2) is 0 Å². The van der Waals surface area contributed by atoms with Crippen molar-refractivity contribution >= 4 is 34.6 Å². The number of halogens is 1. The molecule has 21 heavy (non-hydrogen) atoms. The van der Waals surface area contributed by atoms with Crippen LogP contribution in [0.2, 0.25) is 0 Å². The van der Waals surface area contributed by atoms with Crippen molar-refractivity contribution in [1.82, 2.24) is 5.32 Å². The Morgan fingerprint density at radius 2 is 2.29 bits per heavy atom. The highest BCUT2D eigenvalue weighted by Crippen LogP contribution is 2.42. The summed E-state index contributed by atoms with van der Waals surface area (Å²) in [6.45, 7) is 0. The molecule has 0 saturated carbocycles. The van der Waals surface area contributed by atoms with Gasteiger partial charge in [0.15, 0.2) is 0 Å². The molecule has 4 atom stereocenters. The second-order valence-corrected chi connectivity index (χ2v) is 6.62. The molecule has 3 rings (SSSR count). The van der Waals surface area contributed by atoms with E-state index in [1.807, 2.05) is 4.08 Å². The van der Waals surface area contributed by atoms with Crippen molar-refractivity contribution < 1.29 is 9.53 Å². The molecule has 0 radical (unpaired) electrons. The molecule has 0 aliphatic carbocycles. The van der Waals surface area contributed by atoms with E-state index in [-0.39, 0.29) is 23.8 Å². The molecule has 2 heterocycles. The Labute approximate surface area is 139 Å². The normalized spacial score (nSPS) is 31.5. The van der Waals surface area contributed by atoms with E-state index in [9.17, 15) is 4.79 Å². The van der Waals surface area contributed by atoms with Crippen LogP contribution in [0.25, 0.3) is 6.08 Å². The molecule has 1 N–H and O–H groups in total. The summed E-state index contributed by atoms with van der Waals surface area (Å²) in [7, 11) is 1.50. The molecule has 0 spiro atoms. The van der Waals surface area contributed by atoms with Gasteiger partial charge in [-0.1, -0.05) is 46.9 Å². The van der Waals surface area contributed by atoms with Gasteiger partial charge in [0.2, 0.25) is 0 Å². The van der Waals surface area contributed by atoms with Crippen molar-refractivity contribution in [3.63, 3.8) is 0 Å². The average Bonchev–Trinajstić information content (AvgIpc) is 2.88. The number of nitrogens with one attached hydrogen (secondary N) is 1. The van der Waals surface area contributed by atoms with Gasteiger partial charge in [0.25, 0.3) is 0 Å². The van der Waals surface area contributed by atoms with E-state index in [2.05, 4.69) is 58.2 Å². The number of esters is 1. The highest BCUT2D eigenvalue weighted by Gasteiger charge is 2.46. The summed E-state index contributed by atoms with van der Waals surface area (Å²) in [4.78, 5) is 12.3. The molecule has 1 aromatic carbocycles. The Morgan fingerprint density at radius 3 is 3.05 bits per heavy atom. The van der Waals surface area contributed by atoms with Crippen LogP contribution in [0.3, 0.4) is 0 Å². The number of methoxy groups -OCH3 is 1. The predicted octanol–water partition coefficient (Wildman–Crippen LogP) is 3.49. The number of carbonyl (C=O) groups excluding carboxylic acids is 1. The highest BCUT2D eigenvalue weighted by molar-refractivity contribution is 14.1.